The van der Waals surface area contributed by atoms with Crippen LogP contribution in [0.3, 0.4) is 0 Å². The van der Waals surface area contributed by atoms with Gasteiger partial charge in [0.15, 0.2) is 10.9 Å². The number of hydrogen-bond acceptors (Lipinski definition) is 8. The monoisotopic (exact) mass is 446 g/mol. The number of hydrogen-bond donors (Lipinski definition) is 3. The van der Waals surface area contributed by atoms with Crippen LogP contribution >= 0.6 is 11.8 Å². The normalized spacial score (nSPS) is 11.0. The van der Waals surface area contributed by atoms with E-state index in [0.29, 0.717) is 18.1 Å². The number of nitrogens with two attached hydrogens (primary N) is 1. The predicted molar refractivity (Wildman–Crippen MR) is 116 cm³/mol. The number of H-pyrrole nitrogens is 2. The SMILES string of the molecule is COCCn1c(N)c(C(=O)CSc2n[nH]c(=O)n2CCc2ccccc2)c(=O)[nH]c1=O. The minimum absolute atomic E-state index is 0.0871. The highest BCUT2D eigenvalue weighted by Gasteiger charge is 2.20. The number of nitrogens with one attached hydrogen (secondary N) is 2. The summed E-state index contributed by atoms with van der Waals surface area (Å²) in [6.07, 6.45) is 0.610. The summed E-state index contributed by atoms with van der Waals surface area (Å²) in [7, 11) is 1.46. The number of methoxy groups -OCH3 is 1. The summed E-state index contributed by atoms with van der Waals surface area (Å²) in [5, 5.41) is 6.65. The lowest BCUT2D eigenvalue weighted by molar-refractivity contribution is 0.102. The van der Waals surface area contributed by atoms with E-state index in [2.05, 4.69) is 15.2 Å². The Balaban J connectivity index is 1.75. The Bertz CT molecular complexity index is 1230. The number of aromatic amines is 2. The molecule has 0 amide bonds. The molecule has 0 aliphatic heterocycles. The third-order valence-electron chi connectivity index (χ3n) is 4.56. The lowest BCUT2D eigenvalue weighted by Crippen LogP contribution is -2.37. The van der Waals surface area contributed by atoms with E-state index in [4.69, 9.17) is 10.5 Å². The molecule has 0 unspecified atom stereocenters. The number of anilines is 1. The smallest absolute Gasteiger partial charge is 0.343 e. The Labute approximate surface area is 180 Å². The Morgan fingerprint density at radius 3 is 2.58 bits per heavy atom. The van der Waals surface area contributed by atoms with Crippen molar-refractivity contribution in [3.8, 4) is 0 Å². The van der Waals surface area contributed by atoms with E-state index in [1.54, 1.807) is 0 Å². The van der Waals surface area contributed by atoms with Crippen molar-refractivity contribution in [1.29, 1.82) is 0 Å². The first-order valence-corrected chi connectivity index (χ1v) is 10.4. The molecule has 2 heterocycles. The molecule has 0 saturated carbocycles. The van der Waals surface area contributed by atoms with Crippen LogP contribution in [0.2, 0.25) is 0 Å². The molecule has 3 aromatic rings. The van der Waals surface area contributed by atoms with E-state index >= 15 is 0 Å². The Morgan fingerprint density at radius 2 is 1.87 bits per heavy atom. The first kappa shape index (κ1) is 22.3. The summed E-state index contributed by atoms with van der Waals surface area (Å²) >= 11 is 1.00. The molecule has 11 nitrogen and oxygen atoms in total. The molecule has 31 heavy (non-hydrogen) atoms. The second-order valence-corrected chi connectivity index (χ2v) is 7.52. The first-order chi connectivity index (χ1) is 14.9. The predicted octanol–water partition coefficient (Wildman–Crippen LogP) is -0.132. The third kappa shape index (κ3) is 5.22. The Morgan fingerprint density at radius 1 is 1.13 bits per heavy atom. The van der Waals surface area contributed by atoms with Crippen LogP contribution in [0.5, 0.6) is 0 Å². The van der Waals surface area contributed by atoms with Crippen LogP contribution in [-0.4, -0.2) is 49.6 Å². The zero-order chi connectivity index (χ0) is 22.4. The topological polar surface area (TPSA) is 158 Å². The van der Waals surface area contributed by atoms with E-state index in [1.807, 2.05) is 30.3 Å². The van der Waals surface area contributed by atoms with Crippen molar-refractivity contribution in [2.24, 2.45) is 0 Å². The van der Waals surface area contributed by atoms with Gasteiger partial charge in [-0.2, -0.15) is 0 Å². The fourth-order valence-corrected chi connectivity index (χ4v) is 3.81. The summed E-state index contributed by atoms with van der Waals surface area (Å²) < 4.78 is 7.43. The number of Topliss-reactive ketones (excluding diaryl/α,β-unsaturated/α-hetero) is 1. The molecular formula is C19H22N6O5S. The number of rotatable bonds is 10. The van der Waals surface area contributed by atoms with Gasteiger partial charge in [-0.1, -0.05) is 42.1 Å². The second-order valence-electron chi connectivity index (χ2n) is 6.57. The average Bonchev–Trinajstić information content (AvgIpc) is 3.10. The summed E-state index contributed by atoms with van der Waals surface area (Å²) in [6.45, 7) is 0.643. The molecule has 0 saturated heterocycles. The molecule has 2 aromatic heterocycles. The molecule has 12 heteroatoms. The van der Waals surface area contributed by atoms with Crippen LogP contribution in [-0.2, 0) is 24.2 Å². The first-order valence-electron chi connectivity index (χ1n) is 9.39. The van der Waals surface area contributed by atoms with E-state index in [0.717, 1.165) is 21.9 Å². The molecule has 0 bridgehead atoms. The van der Waals surface area contributed by atoms with Gasteiger partial charge in [-0.05, 0) is 12.0 Å². The maximum atomic E-state index is 12.7. The number of nitrogen functional groups attached to an aromatic ring is 1. The number of carbonyl (C=O) groups is 1. The lowest BCUT2D eigenvalue weighted by atomic mass is 10.1. The van der Waals surface area contributed by atoms with Crippen molar-refractivity contribution in [3.63, 3.8) is 0 Å². The molecule has 3 rings (SSSR count). The standard InChI is InChI=1S/C19H22N6O5S/c1-30-10-9-24-15(20)14(16(27)21-17(24)28)13(26)11-31-19-23-22-18(29)25(19)8-7-12-5-3-2-4-6-12/h2-6H,7-11,20H2,1H3,(H,22,29)(H,21,27,28). The van der Waals surface area contributed by atoms with Crippen molar-refractivity contribution in [1.82, 2.24) is 24.3 Å². The quantitative estimate of drug-likeness (QED) is 0.287. The van der Waals surface area contributed by atoms with E-state index < -0.39 is 22.7 Å². The molecule has 0 aliphatic rings. The van der Waals surface area contributed by atoms with Crippen molar-refractivity contribution in [3.05, 3.63) is 72.8 Å². The third-order valence-corrected chi connectivity index (χ3v) is 5.54. The molecule has 1 aromatic carbocycles. The molecule has 0 atom stereocenters. The summed E-state index contributed by atoms with van der Waals surface area (Å²) in [6, 6.07) is 9.64. The van der Waals surface area contributed by atoms with E-state index in [-0.39, 0.29) is 30.3 Å². The van der Waals surface area contributed by atoms with Crippen molar-refractivity contribution >= 4 is 23.4 Å². The number of ketones is 1. The van der Waals surface area contributed by atoms with Crippen LogP contribution in [0.25, 0.3) is 0 Å². The number of benzene rings is 1. The molecule has 0 radical (unpaired) electrons. The van der Waals surface area contributed by atoms with Gasteiger partial charge in [0.1, 0.15) is 11.4 Å². The lowest BCUT2D eigenvalue weighted by Gasteiger charge is -2.11. The van der Waals surface area contributed by atoms with Crippen LogP contribution in [0.15, 0.2) is 49.9 Å². The van der Waals surface area contributed by atoms with Crippen molar-refractivity contribution in [2.45, 2.75) is 24.7 Å². The van der Waals surface area contributed by atoms with Crippen LogP contribution in [0.4, 0.5) is 5.82 Å². The van der Waals surface area contributed by atoms with Gasteiger partial charge in [0.05, 0.1) is 18.9 Å². The van der Waals surface area contributed by atoms with Crippen molar-refractivity contribution in [2.75, 3.05) is 25.2 Å². The summed E-state index contributed by atoms with van der Waals surface area (Å²) in [5.41, 5.74) is 4.70. The number of ether oxygens (including phenoxy) is 1. The minimum atomic E-state index is -0.856. The highest BCUT2D eigenvalue weighted by molar-refractivity contribution is 7.99. The molecule has 0 aliphatic carbocycles. The Kier molecular flexibility index (Phi) is 7.26. The van der Waals surface area contributed by atoms with Crippen LogP contribution < -0.4 is 22.7 Å². The average molecular weight is 446 g/mol. The van der Waals surface area contributed by atoms with Gasteiger partial charge in [-0.15, -0.1) is 5.10 Å². The van der Waals surface area contributed by atoms with Crippen molar-refractivity contribution < 1.29 is 9.53 Å². The number of nitrogens with zero attached hydrogens (tertiary/aromatic N) is 3. The van der Waals surface area contributed by atoms with Gasteiger partial charge in [-0.25, -0.2) is 14.7 Å². The number of aryl methyl sites for hydroxylation is 1. The van der Waals surface area contributed by atoms with E-state index in [1.165, 1.54) is 11.7 Å². The Hall–Kier alpha value is -3.38. The highest BCUT2D eigenvalue weighted by Crippen LogP contribution is 2.17. The maximum Gasteiger partial charge on any atom is 0.343 e. The maximum absolute atomic E-state index is 12.7. The summed E-state index contributed by atoms with van der Waals surface area (Å²) in [4.78, 5) is 51.0. The second kappa shape index (κ2) is 10.1. The highest BCUT2D eigenvalue weighted by atomic mass is 32.2. The zero-order valence-electron chi connectivity index (χ0n) is 16.8. The molecule has 0 fully saturated rings. The molecule has 164 valence electrons. The van der Waals surface area contributed by atoms with Gasteiger partial charge in [0.25, 0.3) is 5.56 Å². The van der Waals surface area contributed by atoms with Crippen LogP contribution in [0, 0.1) is 0 Å². The minimum Gasteiger partial charge on any atom is -0.384 e. The summed E-state index contributed by atoms with van der Waals surface area (Å²) in [5.74, 6) is -0.995. The van der Waals surface area contributed by atoms with Gasteiger partial charge >= 0.3 is 11.4 Å². The van der Waals surface area contributed by atoms with Crippen LogP contribution in [0.1, 0.15) is 15.9 Å². The zero-order valence-corrected chi connectivity index (χ0v) is 17.6. The van der Waals surface area contributed by atoms with Gasteiger partial charge in [-0.3, -0.25) is 23.7 Å². The largest absolute Gasteiger partial charge is 0.384 e. The number of aromatic nitrogens is 5. The molecule has 0 spiro atoms. The van der Waals surface area contributed by atoms with Gasteiger partial charge in [0, 0.05) is 13.7 Å². The number of carbonyl (C=O) groups excluding carboxylic acids is 1. The van der Waals surface area contributed by atoms with Gasteiger partial charge < -0.3 is 10.5 Å². The number of thioether (sulfide) groups is 1. The molecular weight excluding hydrogens is 424 g/mol. The fourth-order valence-electron chi connectivity index (χ4n) is 2.96. The fraction of sp³-hybridized carbons (Fsp3) is 0.316. The molecule has 4 N–H and O–H groups in total. The van der Waals surface area contributed by atoms with E-state index in [9.17, 15) is 19.2 Å². The van der Waals surface area contributed by atoms with Gasteiger partial charge in [0.2, 0.25) is 0 Å².